The van der Waals surface area contributed by atoms with Crippen molar-refractivity contribution in [2.24, 2.45) is 11.7 Å². The van der Waals surface area contributed by atoms with Gasteiger partial charge in [0.25, 0.3) is 0 Å². The molecule has 1 amide bonds. The van der Waals surface area contributed by atoms with Crippen LogP contribution in [-0.2, 0) is 9.59 Å². The van der Waals surface area contributed by atoms with E-state index in [2.05, 4.69) is 6.92 Å². The SMILES string of the molecule is CCC(CCN)CCC(=O)N(C)C(C)(C)C(=O)O. The first-order valence-electron chi connectivity index (χ1n) is 6.47. The van der Waals surface area contributed by atoms with Gasteiger partial charge >= 0.3 is 5.97 Å². The lowest BCUT2D eigenvalue weighted by Gasteiger charge is -2.32. The van der Waals surface area contributed by atoms with Gasteiger partial charge in [-0.2, -0.15) is 0 Å². The first-order valence-corrected chi connectivity index (χ1v) is 6.47. The number of carboxylic acids is 1. The van der Waals surface area contributed by atoms with Crippen molar-refractivity contribution < 1.29 is 14.7 Å². The van der Waals surface area contributed by atoms with Crippen molar-refractivity contribution >= 4 is 11.9 Å². The number of carboxylic acid groups (broad SMARTS) is 1. The zero-order chi connectivity index (χ0) is 14.3. The molecule has 1 unspecified atom stereocenters. The summed E-state index contributed by atoms with van der Waals surface area (Å²) in [5.74, 6) is -0.675. The largest absolute Gasteiger partial charge is 0.480 e. The monoisotopic (exact) mass is 258 g/mol. The maximum Gasteiger partial charge on any atom is 0.329 e. The minimum atomic E-state index is -1.16. The molecule has 5 heteroatoms. The van der Waals surface area contributed by atoms with Gasteiger partial charge < -0.3 is 15.7 Å². The summed E-state index contributed by atoms with van der Waals surface area (Å²) in [5, 5.41) is 9.06. The minimum Gasteiger partial charge on any atom is -0.480 e. The highest BCUT2D eigenvalue weighted by atomic mass is 16.4. The predicted octanol–water partition coefficient (Wildman–Crippen LogP) is 1.46. The molecule has 5 nitrogen and oxygen atoms in total. The molecule has 0 saturated carbocycles. The van der Waals surface area contributed by atoms with E-state index in [1.807, 2.05) is 0 Å². The number of hydrogen-bond acceptors (Lipinski definition) is 3. The van der Waals surface area contributed by atoms with Crippen LogP contribution >= 0.6 is 0 Å². The van der Waals surface area contributed by atoms with E-state index in [1.165, 1.54) is 18.7 Å². The van der Waals surface area contributed by atoms with Crippen LogP contribution in [-0.4, -0.2) is 41.0 Å². The minimum absolute atomic E-state index is 0.127. The molecular weight excluding hydrogens is 232 g/mol. The van der Waals surface area contributed by atoms with Crippen LogP contribution in [0.4, 0.5) is 0 Å². The van der Waals surface area contributed by atoms with E-state index in [-0.39, 0.29) is 5.91 Å². The summed E-state index contributed by atoms with van der Waals surface area (Å²) in [4.78, 5) is 24.3. The van der Waals surface area contributed by atoms with E-state index in [1.54, 1.807) is 7.05 Å². The van der Waals surface area contributed by atoms with Crippen LogP contribution in [0.3, 0.4) is 0 Å². The smallest absolute Gasteiger partial charge is 0.329 e. The lowest BCUT2D eigenvalue weighted by Crippen LogP contribution is -2.50. The molecule has 0 aromatic heterocycles. The number of nitrogens with zero attached hydrogens (tertiary/aromatic N) is 1. The number of carbonyl (C=O) groups excluding carboxylic acids is 1. The van der Waals surface area contributed by atoms with Crippen molar-refractivity contribution in [3.8, 4) is 0 Å². The van der Waals surface area contributed by atoms with E-state index in [0.29, 0.717) is 18.9 Å². The molecule has 0 aromatic rings. The molecule has 0 heterocycles. The zero-order valence-electron chi connectivity index (χ0n) is 11.9. The van der Waals surface area contributed by atoms with Gasteiger partial charge in [-0.25, -0.2) is 4.79 Å². The van der Waals surface area contributed by atoms with Crippen molar-refractivity contribution in [3.63, 3.8) is 0 Å². The Morgan fingerprint density at radius 1 is 1.33 bits per heavy atom. The normalized spacial score (nSPS) is 13.2. The molecule has 106 valence electrons. The number of hydrogen-bond donors (Lipinski definition) is 2. The second kappa shape index (κ2) is 7.36. The number of aliphatic carboxylic acids is 1. The molecule has 0 aromatic carbocycles. The van der Waals surface area contributed by atoms with Crippen LogP contribution in [0.25, 0.3) is 0 Å². The van der Waals surface area contributed by atoms with Crippen molar-refractivity contribution in [1.82, 2.24) is 4.90 Å². The van der Waals surface area contributed by atoms with Gasteiger partial charge in [-0.3, -0.25) is 4.79 Å². The fourth-order valence-electron chi connectivity index (χ4n) is 1.74. The highest BCUT2D eigenvalue weighted by Gasteiger charge is 2.34. The van der Waals surface area contributed by atoms with Crippen LogP contribution in [0.2, 0.25) is 0 Å². The highest BCUT2D eigenvalue weighted by Crippen LogP contribution is 2.18. The lowest BCUT2D eigenvalue weighted by molar-refractivity contribution is -0.155. The molecule has 0 fully saturated rings. The number of amides is 1. The molecule has 0 aliphatic carbocycles. The van der Waals surface area contributed by atoms with E-state index in [4.69, 9.17) is 10.8 Å². The van der Waals surface area contributed by atoms with Crippen molar-refractivity contribution in [2.75, 3.05) is 13.6 Å². The number of nitrogens with two attached hydrogens (primary N) is 1. The molecule has 3 N–H and O–H groups in total. The molecule has 0 aliphatic heterocycles. The average Bonchev–Trinajstić information content (AvgIpc) is 2.32. The van der Waals surface area contributed by atoms with E-state index < -0.39 is 11.5 Å². The number of rotatable bonds is 8. The Labute approximate surface area is 109 Å². The Morgan fingerprint density at radius 2 is 1.89 bits per heavy atom. The molecular formula is C13H26N2O3. The maximum atomic E-state index is 12.0. The molecule has 18 heavy (non-hydrogen) atoms. The van der Waals surface area contributed by atoms with E-state index in [9.17, 15) is 9.59 Å². The lowest BCUT2D eigenvalue weighted by atomic mass is 9.95. The van der Waals surface area contributed by atoms with Gasteiger partial charge in [-0.15, -0.1) is 0 Å². The fourth-order valence-corrected chi connectivity index (χ4v) is 1.74. The summed E-state index contributed by atoms with van der Waals surface area (Å²) >= 11 is 0. The van der Waals surface area contributed by atoms with Crippen molar-refractivity contribution in [1.29, 1.82) is 0 Å². The Bertz CT molecular complexity index is 290. The Hall–Kier alpha value is -1.10. The highest BCUT2D eigenvalue weighted by molar-refractivity contribution is 5.86. The van der Waals surface area contributed by atoms with Gasteiger partial charge in [-0.1, -0.05) is 13.3 Å². The summed E-state index contributed by atoms with van der Waals surface area (Å²) in [6.45, 7) is 5.77. The second-order valence-corrected chi connectivity index (χ2v) is 5.21. The molecule has 0 bridgehead atoms. The number of likely N-dealkylation sites (N-methyl/N-ethyl adjacent to an activating group) is 1. The second-order valence-electron chi connectivity index (χ2n) is 5.21. The van der Waals surface area contributed by atoms with Gasteiger partial charge in [0.1, 0.15) is 5.54 Å². The summed E-state index contributed by atoms with van der Waals surface area (Å²) < 4.78 is 0. The van der Waals surface area contributed by atoms with Crippen molar-refractivity contribution in [3.05, 3.63) is 0 Å². The Balaban J connectivity index is 4.37. The van der Waals surface area contributed by atoms with Crippen LogP contribution < -0.4 is 5.73 Å². The van der Waals surface area contributed by atoms with Crippen molar-refractivity contribution in [2.45, 2.75) is 52.0 Å². The summed E-state index contributed by atoms with van der Waals surface area (Å²) in [5.41, 5.74) is 4.35. The maximum absolute atomic E-state index is 12.0. The molecule has 0 rings (SSSR count). The van der Waals surface area contributed by atoms with Crippen LogP contribution in [0.1, 0.15) is 46.5 Å². The van der Waals surface area contributed by atoms with Gasteiger partial charge in [0.15, 0.2) is 0 Å². The van der Waals surface area contributed by atoms with Gasteiger partial charge in [0, 0.05) is 13.5 Å². The molecule has 0 aliphatic rings. The first kappa shape index (κ1) is 16.9. The fraction of sp³-hybridized carbons (Fsp3) is 0.846. The van der Waals surface area contributed by atoms with E-state index >= 15 is 0 Å². The third kappa shape index (κ3) is 4.64. The zero-order valence-corrected chi connectivity index (χ0v) is 11.9. The van der Waals surface area contributed by atoms with E-state index in [0.717, 1.165) is 19.3 Å². The number of carbonyl (C=O) groups is 2. The predicted molar refractivity (Wildman–Crippen MR) is 71.2 cm³/mol. The summed E-state index contributed by atoms with van der Waals surface area (Å²) in [7, 11) is 1.54. The van der Waals surface area contributed by atoms with Crippen LogP contribution in [0.5, 0.6) is 0 Å². The third-order valence-electron chi connectivity index (χ3n) is 3.65. The molecule has 1 atom stereocenters. The van der Waals surface area contributed by atoms with Gasteiger partial charge in [0.05, 0.1) is 0 Å². The Morgan fingerprint density at radius 3 is 2.28 bits per heavy atom. The summed E-state index contributed by atoms with van der Waals surface area (Å²) in [6, 6.07) is 0. The average molecular weight is 258 g/mol. The quantitative estimate of drug-likeness (QED) is 0.690. The molecule has 0 saturated heterocycles. The van der Waals surface area contributed by atoms with Crippen LogP contribution in [0.15, 0.2) is 0 Å². The standard InChI is InChI=1S/C13H26N2O3/c1-5-10(8-9-14)6-7-11(16)15(4)13(2,3)12(17)18/h10H,5-9,14H2,1-4H3,(H,17,18). The topological polar surface area (TPSA) is 83.6 Å². The molecule has 0 spiro atoms. The first-order chi connectivity index (χ1) is 8.27. The third-order valence-corrected chi connectivity index (χ3v) is 3.65. The van der Waals surface area contributed by atoms with Gasteiger partial charge in [-0.05, 0) is 39.2 Å². The summed E-state index contributed by atoms with van der Waals surface area (Å²) in [6.07, 6.45) is 3.06. The van der Waals surface area contributed by atoms with Crippen LogP contribution in [0, 0.1) is 5.92 Å². The Kier molecular flexibility index (Phi) is 6.91. The van der Waals surface area contributed by atoms with Gasteiger partial charge in [0.2, 0.25) is 5.91 Å². The molecule has 0 radical (unpaired) electrons.